The summed E-state index contributed by atoms with van der Waals surface area (Å²) in [5.41, 5.74) is 7.50. The molecular formula is C19H27N5O4. The zero-order valence-electron chi connectivity index (χ0n) is 16.4. The highest BCUT2D eigenvalue weighted by Gasteiger charge is 2.31. The molecule has 0 unspecified atom stereocenters. The van der Waals surface area contributed by atoms with Gasteiger partial charge in [0, 0.05) is 23.7 Å². The number of rotatable bonds is 7. The number of aromatic nitrogens is 3. The molecule has 0 spiro atoms. The van der Waals surface area contributed by atoms with Gasteiger partial charge in [-0.25, -0.2) is 0 Å². The minimum atomic E-state index is -0.596. The Bertz CT molecular complexity index is 828. The number of H-pyrrole nitrogens is 1. The maximum Gasteiger partial charge on any atom is 0.323 e. The summed E-state index contributed by atoms with van der Waals surface area (Å²) in [6, 6.07) is 2.94. The summed E-state index contributed by atoms with van der Waals surface area (Å²) >= 11 is 0. The van der Waals surface area contributed by atoms with Crippen molar-refractivity contribution in [3.05, 3.63) is 29.3 Å². The number of aryl methyl sites for hydroxylation is 1. The molecule has 4 N–H and O–H groups in total. The van der Waals surface area contributed by atoms with Crippen molar-refractivity contribution in [2.24, 2.45) is 11.7 Å². The van der Waals surface area contributed by atoms with Crippen LogP contribution in [0.2, 0.25) is 0 Å². The van der Waals surface area contributed by atoms with Crippen molar-refractivity contribution in [3.63, 3.8) is 0 Å². The van der Waals surface area contributed by atoms with Gasteiger partial charge in [0.2, 0.25) is 5.91 Å². The number of carbonyl (C=O) groups excluding carboxylic acids is 2. The van der Waals surface area contributed by atoms with E-state index in [-0.39, 0.29) is 36.2 Å². The molecule has 152 valence electrons. The largest absolute Gasteiger partial charge is 0.461 e. The lowest BCUT2D eigenvalue weighted by molar-refractivity contribution is -0.151. The third-order valence-corrected chi connectivity index (χ3v) is 4.97. The summed E-state index contributed by atoms with van der Waals surface area (Å²) in [5.74, 6) is 0.632. The second-order valence-electron chi connectivity index (χ2n) is 7.71. The lowest BCUT2D eigenvalue weighted by Gasteiger charge is -2.18. The van der Waals surface area contributed by atoms with Crippen molar-refractivity contribution in [2.75, 3.05) is 5.32 Å². The number of hydrogen-bond donors (Lipinski definition) is 3. The van der Waals surface area contributed by atoms with Crippen molar-refractivity contribution in [2.45, 2.75) is 64.5 Å². The molecule has 1 amide bonds. The first-order valence-corrected chi connectivity index (χ1v) is 9.55. The molecule has 3 rings (SSSR count). The molecule has 1 fully saturated rings. The van der Waals surface area contributed by atoms with Gasteiger partial charge in [0.1, 0.15) is 17.9 Å². The number of amides is 1. The highest BCUT2D eigenvalue weighted by Crippen LogP contribution is 2.36. The molecule has 2 heterocycles. The van der Waals surface area contributed by atoms with Gasteiger partial charge < -0.3 is 20.3 Å². The molecule has 9 nitrogen and oxygen atoms in total. The molecule has 1 saturated carbocycles. The highest BCUT2D eigenvalue weighted by atomic mass is 16.5. The van der Waals surface area contributed by atoms with E-state index in [1.54, 1.807) is 13.0 Å². The Morgan fingerprint density at radius 1 is 1.39 bits per heavy atom. The molecule has 0 aliphatic heterocycles. The van der Waals surface area contributed by atoms with Crippen LogP contribution in [0, 0.1) is 12.8 Å². The minimum Gasteiger partial charge on any atom is -0.461 e. The van der Waals surface area contributed by atoms with Crippen molar-refractivity contribution in [1.29, 1.82) is 0 Å². The minimum absolute atomic E-state index is 0.0457. The molecule has 9 heteroatoms. The normalized spacial score (nSPS) is 20.3. The van der Waals surface area contributed by atoms with Crippen molar-refractivity contribution < 1.29 is 18.8 Å². The molecule has 1 aliphatic carbocycles. The summed E-state index contributed by atoms with van der Waals surface area (Å²) in [5, 5.41) is 13.6. The van der Waals surface area contributed by atoms with Crippen LogP contribution in [-0.2, 0) is 20.7 Å². The Kier molecular flexibility index (Phi) is 6.13. The average molecular weight is 389 g/mol. The Hall–Kier alpha value is -2.68. The van der Waals surface area contributed by atoms with Crippen LogP contribution in [0.5, 0.6) is 0 Å². The third kappa shape index (κ3) is 4.98. The van der Waals surface area contributed by atoms with Gasteiger partial charge in [-0.1, -0.05) is 19.0 Å². The van der Waals surface area contributed by atoms with Crippen molar-refractivity contribution in [1.82, 2.24) is 15.4 Å². The van der Waals surface area contributed by atoms with Crippen LogP contribution in [0.3, 0.4) is 0 Å². The summed E-state index contributed by atoms with van der Waals surface area (Å²) in [6.07, 6.45) is 2.33. The zero-order chi connectivity index (χ0) is 20.3. The first-order valence-electron chi connectivity index (χ1n) is 9.55. The fourth-order valence-electron chi connectivity index (χ4n) is 3.30. The van der Waals surface area contributed by atoms with Crippen LogP contribution in [0.4, 0.5) is 5.82 Å². The van der Waals surface area contributed by atoms with Gasteiger partial charge in [-0.05, 0) is 32.1 Å². The van der Waals surface area contributed by atoms with E-state index in [0.29, 0.717) is 18.0 Å². The molecule has 0 saturated heterocycles. The number of nitrogens with two attached hydrogens (primary N) is 1. The summed E-state index contributed by atoms with van der Waals surface area (Å²) in [4.78, 5) is 24.1. The summed E-state index contributed by atoms with van der Waals surface area (Å²) in [7, 11) is 0. The van der Waals surface area contributed by atoms with Gasteiger partial charge in [0.05, 0.1) is 12.1 Å². The van der Waals surface area contributed by atoms with Crippen LogP contribution in [0.15, 0.2) is 16.7 Å². The second-order valence-corrected chi connectivity index (χ2v) is 7.71. The first kappa shape index (κ1) is 20.1. The Labute approximate surface area is 163 Å². The van der Waals surface area contributed by atoms with Crippen LogP contribution in [0.1, 0.15) is 56.2 Å². The maximum atomic E-state index is 12.1. The van der Waals surface area contributed by atoms with Crippen LogP contribution in [0.25, 0.3) is 0 Å². The Morgan fingerprint density at radius 2 is 2.18 bits per heavy atom. The molecule has 1 aliphatic rings. The first-order chi connectivity index (χ1) is 13.3. The quantitative estimate of drug-likeness (QED) is 0.616. The molecule has 2 aromatic heterocycles. The Morgan fingerprint density at radius 3 is 2.86 bits per heavy atom. The predicted molar refractivity (Wildman–Crippen MR) is 101 cm³/mol. The topological polar surface area (TPSA) is 136 Å². The molecule has 0 radical (unpaired) electrons. The monoisotopic (exact) mass is 389 g/mol. The number of anilines is 1. The smallest absolute Gasteiger partial charge is 0.323 e. The van der Waals surface area contributed by atoms with E-state index in [1.165, 1.54) is 0 Å². The average Bonchev–Trinajstić information content (AvgIpc) is 3.36. The molecule has 2 aromatic rings. The Balaban J connectivity index is 1.50. The standard InChI is InChI=1S/C19H27N5O4/c1-10(2)18(20)19(26)27-13-5-4-12(7-13)15-9-16(23-22-15)21-17(25)8-14-6-11(3)24-28-14/h6,9-10,12-13,18H,4-5,7-8,20H2,1-3H3,(H2,21,22,23,25)/t12-,13+,18+/m1/s1. The fourth-order valence-corrected chi connectivity index (χ4v) is 3.30. The van der Waals surface area contributed by atoms with Gasteiger partial charge in [-0.2, -0.15) is 5.10 Å². The number of esters is 1. The van der Waals surface area contributed by atoms with Gasteiger partial charge in [-0.15, -0.1) is 0 Å². The van der Waals surface area contributed by atoms with E-state index in [9.17, 15) is 9.59 Å². The van der Waals surface area contributed by atoms with Crippen LogP contribution < -0.4 is 11.1 Å². The summed E-state index contributed by atoms with van der Waals surface area (Å²) < 4.78 is 10.6. The molecule has 28 heavy (non-hydrogen) atoms. The van der Waals surface area contributed by atoms with E-state index in [2.05, 4.69) is 20.7 Å². The zero-order valence-corrected chi connectivity index (χ0v) is 16.4. The molecule has 0 aromatic carbocycles. The van der Waals surface area contributed by atoms with Crippen molar-refractivity contribution in [3.8, 4) is 0 Å². The lowest BCUT2D eigenvalue weighted by atomic mass is 10.0. The van der Waals surface area contributed by atoms with E-state index >= 15 is 0 Å². The van der Waals surface area contributed by atoms with Gasteiger partial charge in [0.25, 0.3) is 0 Å². The molecular weight excluding hydrogens is 362 g/mol. The number of nitrogens with zero attached hydrogens (tertiary/aromatic N) is 2. The fraction of sp³-hybridized carbons (Fsp3) is 0.579. The van der Waals surface area contributed by atoms with Crippen LogP contribution in [-0.4, -0.2) is 39.4 Å². The maximum absolute atomic E-state index is 12.1. The van der Waals surface area contributed by atoms with E-state index < -0.39 is 6.04 Å². The van der Waals surface area contributed by atoms with Crippen LogP contribution >= 0.6 is 0 Å². The van der Waals surface area contributed by atoms with E-state index in [4.69, 9.17) is 15.0 Å². The molecule has 0 bridgehead atoms. The highest BCUT2D eigenvalue weighted by molar-refractivity contribution is 5.91. The number of carbonyl (C=O) groups is 2. The number of ether oxygens (including phenoxy) is 1. The van der Waals surface area contributed by atoms with Crippen molar-refractivity contribution >= 4 is 17.7 Å². The van der Waals surface area contributed by atoms with E-state index in [0.717, 1.165) is 24.2 Å². The van der Waals surface area contributed by atoms with E-state index in [1.807, 2.05) is 19.9 Å². The predicted octanol–water partition coefficient (Wildman–Crippen LogP) is 2.05. The van der Waals surface area contributed by atoms with Gasteiger partial charge in [-0.3, -0.25) is 14.7 Å². The summed E-state index contributed by atoms with van der Waals surface area (Å²) in [6.45, 7) is 5.59. The lowest BCUT2D eigenvalue weighted by Crippen LogP contribution is -2.38. The number of hydrogen-bond acceptors (Lipinski definition) is 7. The van der Waals surface area contributed by atoms with Gasteiger partial charge >= 0.3 is 5.97 Å². The van der Waals surface area contributed by atoms with Gasteiger partial charge in [0.15, 0.2) is 5.82 Å². The molecule has 3 atom stereocenters. The number of nitrogens with one attached hydrogen (secondary N) is 2. The second kappa shape index (κ2) is 8.55. The SMILES string of the molecule is Cc1cc(CC(=O)Nc2cc([C@@H]3CC[C@H](OC(=O)[C@@H](N)C(C)C)C3)[nH]n2)on1. The third-order valence-electron chi connectivity index (χ3n) is 4.97. The number of aromatic amines is 1.